The number of hydrogen-bond acceptors (Lipinski definition) is 6. The summed E-state index contributed by atoms with van der Waals surface area (Å²) in [5, 5.41) is 22.7. The molecule has 102 heavy (non-hydrogen) atoms. The molecule has 2 aromatic heterocycles. The van der Waals surface area contributed by atoms with Crippen LogP contribution in [0.5, 0.6) is 0 Å². The maximum atomic E-state index is 5.02. The fourth-order valence-corrected chi connectivity index (χ4v) is 14.9. The first kappa shape index (κ1) is 59.6. The van der Waals surface area contributed by atoms with Gasteiger partial charge in [0.25, 0.3) is 0 Å². The Morgan fingerprint density at radius 2 is 0.431 bits per heavy atom. The third-order valence-electron chi connectivity index (χ3n) is 20.0. The molecular formula is C96H60N6. The van der Waals surface area contributed by atoms with Crippen LogP contribution in [0.3, 0.4) is 0 Å². The van der Waals surface area contributed by atoms with Gasteiger partial charge in [-0.1, -0.05) is 346 Å². The lowest BCUT2D eigenvalue weighted by atomic mass is 9.91. The van der Waals surface area contributed by atoms with E-state index in [0.29, 0.717) is 34.9 Å². The molecule has 0 aliphatic carbocycles. The highest BCUT2D eigenvalue weighted by molar-refractivity contribution is 6.27. The Morgan fingerprint density at radius 1 is 0.127 bits per heavy atom. The second-order valence-corrected chi connectivity index (χ2v) is 26.1. The van der Waals surface area contributed by atoms with Gasteiger partial charge in [-0.15, -0.1) is 0 Å². The molecule has 474 valence electrons. The van der Waals surface area contributed by atoms with Crippen molar-refractivity contribution in [3.8, 4) is 102 Å². The molecule has 0 aliphatic rings. The molecule has 0 radical (unpaired) electrons. The van der Waals surface area contributed by atoms with Gasteiger partial charge >= 0.3 is 0 Å². The van der Waals surface area contributed by atoms with E-state index in [0.717, 1.165) is 61.0 Å². The molecule has 0 saturated carbocycles. The number of nitrogens with zero attached hydrogens (tertiary/aromatic N) is 6. The maximum absolute atomic E-state index is 5.02. The summed E-state index contributed by atoms with van der Waals surface area (Å²) in [6, 6.07) is 129. The Kier molecular flexibility index (Phi) is 14.8. The first-order valence-electron chi connectivity index (χ1n) is 34.5. The monoisotopic (exact) mass is 1300 g/mol. The van der Waals surface area contributed by atoms with Crippen molar-refractivity contribution in [2.24, 2.45) is 0 Å². The first-order valence-corrected chi connectivity index (χ1v) is 34.5. The zero-order valence-electron chi connectivity index (χ0n) is 55.3. The van der Waals surface area contributed by atoms with E-state index < -0.39 is 0 Å². The SMILES string of the molecule is c1ccc(-c2cccc(-c3nc(-c4ccccc4)nc(-c4ccc(-c5ccc6c(ccc7c6ccc6ccc8ccccc8c67)c5)cc4)n3)c2)cc1.c1ccc(-c2nc(-c3ccc(-c4cccc5c4ccc4ccc6c7ccccc7ccc6c45)cc3)nc(-c3ccc4ccccc4c3)n2)cc1. The highest BCUT2D eigenvalue weighted by Gasteiger charge is 2.18. The molecule has 0 amide bonds. The van der Waals surface area contributed by atoms with Crippen LogP contribution >= 0.6 is 0 Å². The Bertz CT molecular complexity index is 6660. The fourth-order valence-electron chi connectivity index (χ4n) is 14.9. The maximum Gasteiger partial charge on any atom is 0.164 e. The van der Waals surface area contributed by atoms with Crippen LogP contribution in [0.1, 0.15) is 0 Å². The van der Waals surface area contributed by atoms with Gasteiger partial charge in [-0.2, -0.15) is 0 Å². The summed E-state index contributed by atoms with van der Waals surface area (Å²) in [4.78, 5) is 29.9. The molecule has 0 fully saturated rings. The summed E-state index contributed by atoms with van der Waals surface area (Å²) in [6.07, 6.45) is 0. The lowest BCUT2D eigenvalue weighted by Gasteiger charge is -2.13. The van der Waals surface area contributed by atoms with Crippen molar-refractivity contribution in [3.63, 3.8) is 0 Å². The van der Waals surface area contributed by atoms with E-state index in [1.807, 2.05) is 66.7 Å². The number of hydrogen-bond donors (Lipinski definition) is 0. The molecule has 0 atom stereocenters. The molecule has 0 aliphatic heterocycles. The predicted octanol–water partition coefficient (Wildman–Crippen LogP) is 25.1. The minimum absolute atomic E-state index is 0.644. The molecule has 6 nitrogen and oxygen atoms in total. The van der Waals surface area contributed by atoms with Crippen LogP contribution in [0, 0.1) is 0 Å². The molecule has 0 spiro atoms. The minimum Gasteiger partial charge on any atom is -0.208 e. The van der Waals surface area contributed by atoms with Gasteiger partial charge in [-0.05, 0) is 149 Å². The predicted molar refractivity (Wildman–Crippen MR) is 426 cm³/mol. The molecule has 0 bridgehead atoms. The van der Waals surface area contributed by atoms with Gasteiger partial charge in [0.2, 0.25) is 0 Å². The van der Waals surface area contributed by atoms with Crippen LogP contribution < -0.4 is 0 Å². The van der Waals surface area contributed by atoms with Crippen molar-refractivity contribution in [2.45, 2.75) is 0 Å². The Hall–Kier alpha value is -13.7. The van der Waals surface area contributed by atoms with E-state index in [2.05, 4.69) is 297 Å². The van der Waals surface area contributed by atoms with Crippen LogP contribution in [0.4, 0.5) is 0 Å². The van der Waals surface area contributed by atoms with Gasteiger partial charge < -0.3 is 0 Å². The lowest BCUT2D eigenvalue weighted by molar-refractivity contribution is 1.07. The van der Waals surface area contributed by atoms with E-state index in [9.17, 15) is 0 Å². The van der Waals surface area contributed by atoms with E-state index >= 15 is 0 Å². The molecule has 0 unspecified atom stereocenters. The fraction of sp³-hybridized carbons (Fsp3) is 0. The highest BCUT2D eigenvalue weighted by atomic mass is 15.0. The zero-order valence-corrected chi connectivity index (χ0v) is 55.3. The van der Waals surface area contributed by atoms with Crippen molar-refractivity contribution in [1.82, 2.24) is 29.9 Å². The Labute approximate surface area is 588 Å². The number of fused-ring (bicyclic) bond motifs is 15. The van der Waals surface area contributed by atoms with E-state index in [1.165, 1.54) is 103 Å². The highest BCUT2D eigenvalue weighted by Crippen LogP contribution is 2.42. The van der Waals surface area contributed by atoms with Crippen LogP contribution in [-0.2, 0) is 0 Å². The van der Waals surface area contributed by atoms with Crippen LogP contribution in [-0.4, -0.2) is 29.9 Å². The quantitative estimate of drug-likeness (QED) is 0.134. The van der Waals surface area contributed by atoms with E-state index in [4.69, 9.17) is 29.9 Å². The van der Waals surface area contributed by atoms with Crippen LogP contribution in [0.2, 0.25) is 0 Å². The molecule has 18 aromatic carbocycles. The summed E-state index contributed by atoms with van der Waals surface area (Å²) in [5.74, 6) is 3.90. The third-order valence-corrected chi connectivity index (χ3v) is 20.0. The van der Waals surface area contributed by atoms with Gasteiger partial charge in [0.1, 0.15) is 0 Å². The summed E-state index contributed by atoms with van der Waals surface area (Å²) in [6.45, 7) is 0. The Balaban J connectivity index is 0.000000141. The average Bonchev–Trinajstić information content (AvgIpc) is 0.740. The lowest BCUT2D eigenvalue weighted by Crippen LogP contribution is -2.00. The van der Waals surface area contributed by atoms with Gasteiger partial charge in [0.15, 0.2) is 34.9 Å². The van der Waals surface area contributed by atoms with E-state index in [-0.39, 0.29) is 0 Å². The zero-order chi connectivity index (χ0) is 67.5. The molecule has 0 N–H and O–H groups in total. The summed E-state index contributed by atoms with van der Waals surface area (Å²) in [7, 11) is 0. The number of rotatable bonds is 9. The standard InChI is InChI=1S/C49H31N3.C47H29N3/c1-3-10-32(11-4-1)38-15-9-16-41(31-38)49-51-47(36-13-5-2-6-14-36)50-48(52-49)37-22-18-33(19-23-37)39-25-27-42-40(30-39)26-29-45-44(42)28-24-35-21-20-34-12-7-8-17-43(34)46(35)45;1-2-11-34(12-3-1)45-48-46(50-47(49-45)37-22-17-30-9-4-5-13-36(30)29-37)35-20-18-32(19-21-35)39-15-8-16-42-40(39)26-24-33-25-27-41-38-14-7-6-10-31(38)23-28-43(41)44(33)42/h1-31H;1-29H. The summed E-state index contributed by atoms with van der Waals surface area (Å²) < 4.78 is 0. The summed E-state index contributed by atoms with van der Waals surface area (Å²) >= 11 is 0. The molecule has 20 rings (SSSR count). The van der Waals surface area contributed by atoms with Gasteiger partial charge in [0.05, 0.1) is 0 Å². The van der Waals surface area contributed by atoms with Crippen molar-refractivity contribution in [1.29, 1.82) is 0 Å². The first-order chi connectivity index (χ1) is 50.5. The normalized spacial score (nSPS) is 11.5. The molecule has 0 saturated heterocycles. The molecule has 20 aromatic rings. The van der Waals surface area contributed by atoms with Crippen molar-refractivity contribution >= 4 is 97.0 Å². The second kappa shape index (κ2) is 25.3. The molecular weight excluding hydrogens is 1240 g/mol. The van der Waals surface area contributed by atoms with Crippen molar-refractivity contribution < 1.29 is 0 Å². The topological polar surface area (TPSA) is 77.3 Å². The smallest absolute Gasteiger partial charge is 0.164 e. The van der Waals surface area contributed by atoms with Crippen molar-refractivity contribution in [2.75, 3.05) is 0 Å². The Morgan fingerprint density at radius 3 is 1.05 bits per heavy atom. The largest absolute Gasteiger partial charge is 0.208 e. The second-order valence-electron chi connectivity index (χ2n) is 26.1. The number of aromatic nitrogens is 6. The van der Waals surface area contributed by atoms with Crippen molar-refractivity contribution in [3.05, 3.63) is 364 Å². The average molecular weight is 1300 g/mol. The van der Waals surface area contributed by atoms with Crippen LogP contribution in [0.25, 0.3) is 199 Å². The van der Waals surface area contributed by atoms with Gasteiger partial charge in [-0.3, -0.25) is 0 Å². The van der Waals surface area contributed by atoms with Gasteiger partial charge in [0, 0.05) is 33.4 Å². The molecule has 6 heteroatoms. The van der Waals surface area contributed by atoms with E-state index in [1.54, 1.807) is 0 Å². The third kappa shape index (κ3) is 11.0. The van der Waals surface area contributed by atoms with Gasteiger partial charge in [-0.25, -0.2) is 29.9 Å². The number of benzene rings is 18. The minimum atomic E-state index is 0.644. The summed E-state index contributed by atoms with van der Waals surface area (Å²) in [5.41, 5.74) is 12.6. The molecule has 2 heterocycles. The van der Waals surface area contributed by atoms with Crippen LogP contribution in [0.15, 0.2) is 364 Å².